The van der Waals surface area contributed by atoms with Gasteiger partial charge in [-0.2, -0.15) is 5.10 Å². The lowest BCUT2D eigenvalue weighted by Crippen LogP contribution is -2.23. The molecular formula is C10H18N4. The number of hydrogen-bond acceptors (Lipinski definition) is 3. The number of hydrogen-bond donors (Lipinski definition) is 2. The first kappa shape index (κ1) is 9.68. The molecule has 0 aliphatic carbocycles. The molecule has 0 aromatic carbocycles. The summed E-state index contributed by atoms with van der Waals surface area (Å²) >= 11 is 0. The molecule has 1 aliphatic heterocycles. The first-order chi connectivity index (χ1) is 6.79. The van der Waals surface area contributed by atoms with Gasteiger partial charge in [0, 0.05) is 26.1 Å². The highest BCUT2D eigenvalue weighted by molar-refractivity contribution is 5.11. The molecule has 1 fully saturated rings. The van der Waals surface area contributed by atoms with E-state index in [1.165, 1.54) is 12.8 Å². The molecule has 0 radical (unpaired) electrons. The van der Waals surface area contributed by atoms with Crippen molar-refractivity contribution in [1.29, 1.82) is 0 Å². The Kier molecular flexibility index (Phi) is 2.84. The molecule has 1 aromatic heterocycles. The van der Waals surface area contributed by atoms with E-state index in [1.807, 2.05) is 11.7 Å². The Morgan fingerprint density at radius 1 is 1.71 bits per heavy atom. The van der Waals surface area contributed by atoms with Gasteiger partial charge in [-0.3, -0.25) is 4.68 Å². The van der Waals surface area contributed by atoms with E-state index in [-0.39, 0.29) is 0 Å². The van der Waals surface area contributed by atoms with Crippen LogP contribution in [-0.2, 0) is 20.0 Å². The standard InChI is InChI=1S/C10H18N4/c1-14-10(7-11)6-9(13-14)5-8-3-2-4-12-8/h6,8,12H,2-5,7,11H2,1H3. The second kappa shape index (κ2) is 4.11. The number of aromatic nitrogens is 2. The van der Waals surface area contributed by atoms with Crippen LogP contribution in [0.5, 0.6) is 0 Å². The molecule has 4 heteroatoms. The molecule has 4 nitrogen and oxygen atoms in total. The van der Waals surface area contributed by atoms with Crippen molar-refractivity contribution in [2.75, 3.05) is 6.54 Å². The second-order valence-electron chi connectivity index (χ2n) is 3.95. The van der Waals surface area contributed by atoms with E-state index in [1.54, 1.807) is 0 Å². The summed E-state index contributed by atoms with van der Waals surface area (Å²) in [5.41, 5.74) is 7.86. The molecule has 1 aromatic rings. The maximum Gasteiger partial charge on any atom is 0.0643 e. The second-order valence-corrected chi connectivity index (χ2v) is 3.95. The third kappa shape index (κ3) is 1.96. The third-order valence-corrected chi connectivity index (χ3v) is 2.85. The molecular weight excluding hydrogens is 176 g/mol. The summed E-state index contributed by atoms with van der Waals surface area (Å²) in [4.78, 5) is 0. The average Bonchev–Trinajstić information content (AvgIpc) is 2.76. The molecule has 78 valence electrons. The van der Waals surface area contributed by atoms with E-state index >= 15 is 0 Å². The Morgan fingerprint density at radius 3 is 3.14 bits per heavy atom. The average molecular weight is 194 g/mol. The molecule has 14 heavy (non-hydrogen) atoms. The van der Waals surface area contributed by atoms with Crippen LogP contribution in [-0.4, -0.2) is 22.4 Å². The van der Waals surface area contributed by atoms with Gasteiger partial charge in [-0.1, -0.05) is 0 Å². The van der Waals surface area contributed by atoms with Crippen molar-refractivity contribution < 1.29 is 0 Å². The lowest BCUT2D eigenvalue weighted by Gasteiger charge is -2.06. The van der Waals surface area contributed by atoms with Gasteiger partial charge in [0.15, 0.2) is 0 Å². The van der Waals surface area contributed by atoms with Gasteiger partial charge in [0.2, 0.25) is 0 Å². The van der Waals surface area contributed by atoms with Crippen LogP contribution in [0.3, 0.4) is 0 Å². The fourth-order valence-electron chi connectivity index (χ4n) is 2.05. The summed E-state index contributed by atoms with van der Waals surface area (Å²) < 4.78 is 1.88. The minimum absolute atomic E-state index is 0.571. The van der Waals surface area contributed by atoms with E-state index in [0.717, 1.165) is 24.4 Å². The van der Waals surface area contributed by atoms with Crippen LogP contribution in [0, 0.1) is 0 Å². The van der Waals surface area contributed by atoms with E-state index in [9.17, 15) is 0 Å². The van der Waals surface area contributed by atoms with Crippen molar-refractivity contribution in [3.8, 4) is 0 Å². The molecule has 2 heterocycles. The SMILES string of the molecule is Cn1nc(CC2CCCN2)cc1CN. The topological polar surface area (TPSA) is 55.9 Å². The van der Waals surface area contributed by atoms with Crippen LogP contribution in [0.1, 0.15) is 24.2 Å². The van der Waals surface area contributed by atoms with Crippen LogP contribution in [0.25, 0.3) is 0 Å². The number of rotatable bonds is 3. The molecule has 0 saturated carbocycles. The normalized spacial score (nSPS) is 21.7. The number of nitrogens with zero attached hydrogens (tertiary/aromatic N) is 2. The van der Waals surface area contributed by atoms with Gasteiger partial charge in [0.05, 0.1) is 11.4 Å². The van der Waals surface area contributed by atoms with Crippen molar-refractivity contribution in [3.05, 3.63) is 17.5 Å². The summed E-state index contributed by atoms with van der Waals surface area (Å²) in [6, 6.07) is 2.73. The maximum atomic E-state index is 5.60. The van der Waals surface area contributed by atoms with Crippen molar-refractivity contribution >= 4 is 0 Å². The monoisotopic (exact) mass is 194 g/mol. The predicted octanol–water partition coefficient (Wildman–Crippen LogP) is 0.173. The van der Waals surface area contributed by atoms with Gasteiger partial charge in [-0.15, -0.1) is 0 Å². The van der Waals surface area contributed by atoms with Gasteiger partial charge >= 0.3 is 0 Å². The molecule has 0 spiro atoms. The Labute approximate surface area is 84.5 Å². The van der Waals surface area contributed by atoms with Crippen molar-refractivity contribution in [2.24, 2.45) is 12.8 Å². The van der Waals surface area contributed by atoms with Crippen LogP contribution >= 0.6 is 0 Å². The lowest BCUT2D eigenvalue weighted by molar-refractivity contribution is 0.586. The lowest BCUT2D eigenvalue weighted by atomic mass is 10.1. The maximum absolute atomic E-state index is 5.60. The summed E-state index contributed by atoms with van der Waals surface area (Å²) in [6.07, 6.45) is 3.60. The molecule has 1 unspecified atom stereocenters. The zero-order chi connectivity index (χ0) is 9.97. The predicted molar refractivity (Wildman–Crippen MR) is 55.8 cm³/mol. The van der Waals surface area contributed by atoms with Gasteiger partial charge in [-0.25, -0.2) is 0 Å². The van der Waals surface area contributed by atoms with E-state index < -0.39 is 0 Å². The molecule has 2 rings (SSSR count). The largest absolute Gasteiger partial charge is 0.325 e. The Morgan fingerprint density at radius 2 is 2.57 bits per heavy atom. The zero-order valence-corrected chi connectivity index (χ0v) is 8.66. The highest BCUT2D eigenvalue weighted by atomic mass is 15.3. The highest BCUT2D eigenvalue weighted by Crippen LogP contribution is 2.11. The Hall–Kier alpha value is -0.870. The fourth-order valence-corrected chi connectivity index (χ4v) is 2.05. The third-order valence-electron chi connectivity index (χ3n) is 2.85. The highest BCUT2D eigenvalue weighted by Gasteiger charge is 2.16. The first-order valence-corrected chi connectivity index (χ1v) is 5.25. The van der Waals surface area contributed by atoms with Gasteiger partial charge in [0.1, 0.15) is 0 Å². The number of nitrogens with one attached hydrogen (secondary N) is 1. The van der Waals surface area contributed by atoms with Gasteiger partial charge < -0.3 is 11.1 Å². The van der Waals surface area contributed by atoms with Gasteiger partial charge in [0.25, 0.3) is 0 Å². The first-order valence-electron chi connectivity index (χ1n) is 5.25. The summed E-state index contributed by atoms with van der Waals surface area (Å²) in [5, 5.41) is 7.91. The quantitative estimate of drug-likeness (QED) is 0.721. The molecule has 3 N–H and O–H groups in total. The van der Waals surface area contributed by atoms with Gasteiger partial charge in [-0.05, 0) is 25.5 Å². The molecule has 1 atom stereocenters. The number of nitrogens with two attached hydrogens (primary N) is 1. The van der Waals surface area contributed by atoms with Crippen LogP contribution in [0.15, 0.2) is 6.07 Å². The minimum Gasteiger partial charge on any atom is -0.325 e. The van der Waals surface area contributed by atoms with Crippen molar-refractivity contribution in [2.45, 2.75) is 31.8 Å². The zero-order valence-electron chi connectivity index (χ0n) is 8.66. The van der Waals surface area contributed by atoms with Crippen LogP contribution in [0.4, 0.5) is 0 Å². The van der Waals surface area contributed by atoms with E-state index in [4.69, 9.17) is 5.73 Å². The Bertz CT molecular complexity index is 299. The molecule has 1 aliphatic rings. The smallest absolute Gasteiger partial charge is 0.0643 e. The molecule has 1 saturated heterocycles. The Balaban J connectivity index is 2.01. The summed E-state index contributed by atoms with van der Waals surface area (Å²) in [7, 11) is 1.95. The molecule has 0 amide bonds. The minimum atomic E-state index is 0.571. The van der Waals surface area contributed by atoms with Crippen LogP contribution < -0.4 is 11.1 Å². The van der Waals surface area contributed by atoms with Crippen LogP contribution in [0.2, 0.25) is 0 Å². The fraction of sp³-hybridized carbons (Fsp3) is 0.700. The van der Waals surface area contributed by atoms with E-state index in [0.29, 0.717) is 12.6 Å². The van der Waals surface area contributed by atoms with Crippen molar-refractivity contribution in [3.63, 3.8) is 0 Å². The summed E-state index contributed by atoms with van der Waals surface area (Å²) in [5.74, 6) is 0. The summed E-state index contributed by atoms with van der Waals surface area (Å²) in [6.45, 7) is 1.73. The van der Waals surface area contributed by atoms with Crippen molar-refractivity contribution in [1.82, 2.24) is 15.1 Å². The number of aryl methyl sites for hydroxylation is 1. The van der Waals surface area contributed by atoms with E-state index in [2.05, 4.69) is 16.5 Å². The molecule has 0 bridgehead atoms.